The monoisotopic (exact) mass is 282 g/mol. The molecule has 5 heteroatoms. The van der Waals surface area contributed by atoms with Crippen LogP contribution < -0.4 is 5.32 Å². The predicted molar refractivity (Wildman–Crippen MR) is 77.5 cm³/mol. The van der Waals surface area contributed by atoms with Crippen LogP contribution in [0.4, 0.5) is 5.13 Å². The molecule has 1 N–H and O–H groups in total. The Balaban J connectivity index is 1.64. The maximum absolute atomic E-state index is 11.2. The summed E-state index contributed by atoms with van der Waals surface area (Å²) in [7, 11) is 0. The molecule has 1 aromatic heterocycles. The van der Waals surface area contributed by atoms with E-state index in [9.17, 15) is 4.79 Å². The smallest absolute Gasteiger partial charge is 0.306 e. The van der Waals surface area contributed by atoms with Crippen LogP contribution in [-0.2, 0) is 16.0 Å². The first-order chi connectivity index (χ1) is 9.28. The zero-order valence-electron chi connectivity index (χ0n) is 11.5. The highest BCUT2D eigenvalue weighted by Gasteiger charge is 2.16. The minimum Gasteiger partial charge on any atom is -0.466 e. The standard InChI is InChI=1S/C14H22N2O2S/c1-2-18-13(17)7-6-12-10-19-14(16-12)15-9-8-11-4-3-5-11/h10-11H,2-9H2,1H3,(H,15,16). The molecule has 0 aliphatic heterocycles. The first-order valence-corrected chi connectivity index (χ1v) is 7.99. The zero-order chi connectivity index (χ0) is 13.5. The van der Waals surface area contributed by atoms with E-state index in [1.807, 2.05) is 12.3 Å². The summed E-state index contributed by atoms with van der Waals surface area (Å²) < 4.78 is 4.90. The number of hydrogen-bond acceptors (Lipinski definition) is 5. The second-order valence-electron chi connectivity index (χ2n) is 4.96. The predicted octanol–water partition coefficient (Wildman–Crippen LogP) is 3.24. The van der Waals surface area contributed by atoms with Crippen LogP contribution in [0.5, 0.6) is 0 Å². The lowest BCUT2D eigenvalue weighted by Gasteiger charge is -2.24. The van der Waals surface area contributed by atoms with Gasteiger partial charge in [-0.1, -0.05) is 19.3 Å². The number of aryl methyl sites for hydroxylation is 1. The molecule has 1 aromatic rings. The molecule has 0 aromatic carbocycles. The number of hydrogen-bond donors (Lipinski definition) is 1. The Morgan fingerprint density at radius 2 is 2.42 bits per heavy atom. The molecular formula is C14H22N2O2S. The van der Waals surface area contributed by atoms with E-state index in [1.54, 1.807) is 11.3 Å². The van der Waals surface area contributed by atoms with Gasteiger partial charge in [0, 0.05) is 18.3 Å². The minimum atomic E-state index is -0.144. The van der Waals surface area contributed by atoms with Gasteiger partial charge in [0.2, 0.25) is 0 Å². The molecule has 1 aliphatic carbocycles. The van der Waals surface area contributed by atoms with Crippen molar-refractivity contribution in [3.8, 4) is 0 Å². The molecule has 0 saturated heterocycles. The number of carbonyl (C=O) groups is 1. The average molecular weight is 282 g/mol. The van der Waals surface area contributed by atoms with Gasteiger partial charge in [0.25, 0.3) is 0 Å². The van der Waals surface area contributed by atoms with Crippen LogP contribution in [0.15, 0.2) is 5.38 Å². The van der Waals surface area contributed by atoms with E-state index in [-0.39, 0.29) is 5.97 Å². The molecule has 0 atom stereocenters. The number of nitrogens with zero attached hydrogens (tertiary/aromatic N) is 1. The summed E-state index contributed by atoms with van der Waals surface area (Å²) in [6, 6.07) is 0. The van der Waals surface area contributed by atoms with E-state index >= 15 is 0 Å². The van der Waals surface area contributed by atoms with Crippen molar-refractivity contribution in [3.63, 3.8) is 0 Å². The number of rotatable bonds is 8. The average Bonchev–Trinajstić information content (AvgIpc) is 2.78. The molecule has 1 fully saturated rings. The first-order valence-electron chi connectivity index (χ1n) is 7.12. The fourth-order valence-corrected chi connectivity index (χ4v) is 2.90. The number of esters is 1. The van der Waals surface area contributed by atoms with Crippen molar-refractivity contribution in [2.75, 3.05) is 18.5 Å². The van der Waals surface area contributed by atoms with Gasteiger partial charge in [-0.2, -0.15) is 0 Å². The van der Waals surface area contributed by atoms with E-state index in [4.69, 9.17) is 4.74 Å². The number of ether oxygens (including phenoxy) is 1. The lowest BCUT2D eigenvalue weighted by atomic mass is 9.83. The van der Waals surface area contributed by atoms with Crippen molar-refractivity contribution >= 4 is 22.4 Å². The van der Waals surface area contributed by atoms with Crippen LogP contribution >= 0.6 is 11.3 Å². The van der Waals surface area contributed by atoms with Gasteiger partial charge >= 0.3 is 5.97 Å². The third-order valence-electron chi connectivity index (χ3n) is 3.50. The largest absolute Gasteiger partial charge is 0.466 e. The first kappa shape index (κ1) is 14.3. The molecule has 1 heterocycles. The Hall–Kier alpha value is -1.10. The van der Waals surface area contributed by atoms with E-state index in [0.29, 0.717) is 19.4 Å². The second kappa shape index (κ2) is 7.48. The lowest BCUT2D eigenvalue weighted by Crippen LogP contribution is -2.15. The Kier molecular flexibility index (Phi) is 5.63. The maximum Gasteiger partial charge on any atom is 0.306 e. The van der Waals surface area contributed by atoms with Crippen LogP contribution in [-0.4, -0.2) is 24.1 Å². The fourth-order valence-electron chi connectivity index (χ4n) is 2.13. The number of thiazole rings is 1. The molecule has 106 valence electrons. The Bertz CT molecular complexity index is 402. The summed E-state index contributed by atoms with van der Waals surface area (Å²) in [5, 5.41) is 6.36. The SMILES string of the molecule is CCOC(=O)CCc1csc(NCCC2CCC2)n1. The molecule has 4 nitrogen and oxygen atoms in total. The molecule has 0 unspecified atom stereocenters. The highest BCUT2D eigenvalue weighted by molar-refractivity contribution is 7.13. The van der Waals surface area contributed by atoms with E-state index in [0.717, 1.165) is 23.3 Å². The maximum atomic E-state index is 11.2. The fraction of sp³-hybridized carbons (Fsp3) is 0.714. The van der Waals surface area contributed by atoms with Crippen LogP contribution in [0.1, 0.15) is 44.7 Å². The van der Waals surface area contributed by atoms with Crippen molar-refractivity contribution in [1.82, 2.24) is 4.98 Å². The minimum absolute atomic E-state index is 0.144. The van der Waals surface area contributed by atoms with Crippen molar-refractivity contribution in [2.45, 2.75) is 45.4 Å². The third kappa shape index (κ3) is 4.82. The van der Waals surface area contributed by atoms with Crippen LogP contribution in [0.2, 0.25) is 0 Å². The molecule has 0 spiro atoms. The Morgan fingerprint density at radius 3 is 3.11 bits per heavy atom. The van der Waals surface area contributed by atoms with Gasteiger partial charge in [-0.3, -0.25) is 4.79 Å². The lowest BCUT2D eigenvalue weighted by molar-refractivity contribution is -0.143. The summed E-state index contributed by atoms with van der Waals surface area (Å²) in [6.45, 7) is 3.28. The molecule has 0 radical (unpaired) electrons. The zero-order valence-corrected chi connectivity index (χ0v) is 12.3. The quantitative estimate of drug-likeness (QED) is 0.744. The van der Waals surface area contributed by atoms with Crippen molar-refractivity contribution in [3.05, 3.63) is 11.1 Å². The van der Waals surface area contributed by atoms with Gasteiger partial charge in [-0.05, 0) is 19.3 Å². The number of aromatic nitrogens is 1. The van der Waals surface area contributed by atoms with E-state index in [2.05, 4.69) is 10.3 Å². The van der Waals surface area contributed by atoms with E-state index < -0.39 is 0 Å². The highest BCUT2D eigenvalue weighted by Crippen LogP contribution is 2.29. The molecule has 1 saturated carbocycles. The van der Waals surface area contributed by atoms with Crippen LogP contribution in [0, 0.1) is 5.92 Å². The number of anilines is 1. The Morgan fingerprint density at radius 1 is 1.58 bits per heavy atom. The summed E-state index contributed by atoms with van der Waals surface area (Å²) in [5.74, 6) is 0.783. The highest BCUT2D eigenvalue weighted by atomic mass is 32.1. The molecule has 2 rings (SSSR count). The van der Waals surface area contributed by atoms with Gasteiger partial charge in [-0.25, -0.2) is 4.98 Å². The Labute approximate surface area is 118 Å². The summed E-state index contributed by atoms with van der Waals surface area (Å²) in [6.07, 6.45) is 6.52. The van der Waals surface area contributed by atoms with Crippen LogP contribution in [0.25, 0.3) is 0 Å². The summed E-state index contributed by atoms with van der Waals surface area (Å²) >= 11 is 1.62. The topological polar surface area (TPSA) is 51.2 Å². The van der Waals surface area contributed by atoms with Crippen molar-refractivity contribution in [2.24, 2.45) is 5.92 Å². The second-order valence-corrected chi connectivity index (χ2v) is 5.82. The van der Waals surface area contributed by atoms with Crippen molar-refractivity contribution < 1.29 is 9.53 Å². The molecule has 19 heavy (non-hydrogen) atoms. The van der Waals surface area contributed by atoms with Gasteiger partial charge in [0.1, 0.15) is 0 Å². The van der Waals surface area contributed by atoms with Gasteiger partial charge < -0.3 is 10.1 Å². The molecule has 1 aliphatic rings. The van der Waals surface area contributed by atoms with Crippen molar-refractivity contribution in [1.29, 1.82) is 0 Å². The normalized spacial score (nSPS) is 15.0. The molecular weight excluding hydrogens is 260 g/mol. The van der Waals surface area contributed by atoms with E-state index in [1.165, 1.54) is 25.7 Å². The molecule has 0 bridgehead atoms. The molecule has 0 amide bonds. The summed E-state index contributed by atoms with van der Waals surface area (Å²) in [5.41, 5.74) is 0.976. The number of nitrogens with one attached hydrogen (secondary N) is 1. The van der Waals surface area contributed by atoms with Crippen LogP contribution in [0.3, 0.4) is 0 Å². The third-order valence-corrected chi connectivity index (χ3v) is 4.34. The van der Waals surface area contributed by atoms with Gasteiger partial charge in [0.05, 0.1) is 18.7 Å². The summed E-state index contributed by atoms with van der Waals surface area (Å²) in [4.78, 5) is 15.7. The van der Waals surface area contributed by atoms with Gasteiger partial charge in [0.15, 0.2) is 5.13 Å². The van der Waals surface area contributed by atoms with Gasteiger partial charge in [-0.15, -0.1) is 11.3 Å². The number of carbonyl (C=O) groups excluding carboxylic acids is 1.